The Kier molecular flexibility index (Phi) is 4.68. The number of para-hydroxylation sites is 1. The maximum absolute atomic E-state index is 11.9. The van der Waals surface area contributed by atoms with Gasteiger partial charge in [-0.15, -0.1) is 0 Å². The highest BCUT2D eigenvalue weighted by Gasteiger charge is 2.09. The molecule has 2 rings (SSSR count). The Bertz CT molecular complexity index is 751. The topological polar surface area (TPSA) is 72.2 Å². The lowest BCUT2D eigenvalue weighted by atomic mass is 10.1. The molecular formula is C17H16N2O3. The molecule has 0 aliphatic carbocycles. The van der Waals surface area contributed by atoms with Gasteiger partial charge in [0.05, 0.1) is 10.5 Å². The van der Waals surface area contributed by atoms with Gasteiger partial charge in [0, 0.05) is 17.8 Å². The molecule has 0 saturated heterocycles. The fourth-order valence-corrected chi connectivity index (χ4v) is 1.96. The van der Waals surface area contributed by atoms with Gasteiger partial charge in [0.25, 0.3) is 5.69 Å². The number of nitro groups is 1. The van der Waals surface area contributed by atoms with E-state index in [9.17, 15) is 14.9 Å². The Labute approximate surface area is 128 Å². The molecule has 2 aromatic rings. The van der Waals surface area contributed by atoms with Gasteiger partial charge in [-0.3, -0.25) is 14.9 Å². The molecule has 0 aliphatic rings. The number of nitrogens with zero attached hydrogens (tertiary/aromatic N) is 1. The first kappa shape index (κ1) is 15.4. The van der Waals surface area contributed by atoms with Crippen molar-refractivity contribution < 1.29 is 9.72 Å². The average molecular weight is 296 g/mol. The zero-order valence-corrected chi connectivity index (χ0v) is 12.4. The molecular weight excluding hydrogens is 280 g/mol. The first-order valence-electron chi connectivity index (χ1n) is 6.77. The van der Waals surface area contributed by atoms with Gasteiger partial charge in [-0.25, -0.2) is 0 Å². The zero-order chi connectivity index (χ0) is 16.1. The number of rotatable bonds is 4. The molecule has 0 atom stereocenters. The fourth-order valence-electron chi connectivity index (χ4n) is 1.96. The Balaban J connectivity index is 2.12. The lowest BCUT2D eigenvalue weighted by Gasteiger charge is -2.05. The second-order valence-electron chi connectivity index (χ2n) is 4.94. The number of aryl methyl sites for hydroxylation is 2. The van der Waals surface area contributed by atoms with E-state index in [4.69, 9.17) is 0 Å². The summed E-state index contributed by atoms with van der Waals surface area (Å²) in [6.07, 6.45) is 2.73. The van der Waals surface area contributed by atoms with E-state index in [1.54, 1.807) is 18.2 Å². The predicted molar refractivity (Wildman–Crippen MR) is 86.7 cm³/mol. The zero-order valence-electron chi connectivity index (χ0n) is 12.4. The van der Waals surface area contributed by atoms with Gasteiger partial charge in [0.1, 0.15) is 0 Å². The van der Waals surface area contributed by atoms with Gasteiger partial charge >= 0.3 is 0 Å². The van der Waals surface area contributed by atoms with E-state index in [-0.39, 0.29) is 11.6 Å². The van der Waals surface area contributed by atoms with Crippen molar-refractivity contribution in [2.24, 2.45) is 0 Å². The van der Waals surface area contributed by atoms with E-state index >= 15 is 0 Å². The number of hydrogen-bond donors (Lipinski definition) is 1. The lowest BCUT2D eigenvalue weighted by molar-refractivity contribution is -0.385. The monoisotopic (exact) mass is 296 g/mol. The third-order valence-electron chi connectivity index (χ3n) is 3.32. The van der Waals surface area contributed by atoms with Crippen molar-refractivity contribution in [3.05, 3.63) is 75.3 Å². The van der Waals surface area contributed by atoms with Crippen molar-refractivity contribution in [1.82, 2.24) is 0 Å². The van der Waals surface area contributed by atoms with Crippen LogP contribution in [0.5, 0.6) is 0 Å². The summed E-state index contributed by atoms with van der Waals surface area (Å²) in [7, 11) is 0. The van der Waals surface area contributed by atoms with Gasteiger partial charge in [0.15, 0.2) is 0 Å². The molecule has 0 radical (unpaired) electrons. The molecule has 1 amide bonds. The van der Waals surface area contributed by atoms with Gasteiger partial charge in [-0.05, 0) is 49.2 Å². The Morgan fingerprint density at radius 1 is 1.14 bits per heavy atom. The summed E-state index contributed by atoms with van der Waals surface area (Å²) < 4.78 is 0. The molecule has 0 bridgehead atoms. The van der Waals surface area contributed by atoms with Gasteiger partial charge in [-0.1, -0.05) is 18.2 Å². The molecule has 0 aromatic heterocycles. The SMILES string of the molecule is Cc1ccc(NC(=O)C=Cc2ccccc2[N+](=O)[O-])cc1C. The highest BCUT2D eigenvalue weighted by atomic mass is 16.6. The minimum atomic E-state index is -0.471. The number of nitrogens with one attached hydrogen (secondary N) is 1. The van der Waals surface area contributed by atoms with Gasteiger partial charge in [-0.2, -0.15) is 0 Å². The van der Waals surface area contributed by atoms with Crippen LogP contribution < -0.4 is 5.32 Å². The molecule has 5 heteroatoms. The molecule has 1 N–H and O–H groups in total. The average Bonchev–Trinajstić information content (AvgIpc) is 2.49. The normalized spacial score (nSPS) is 10.6. The molecule has 0 saturated carbocycles. The van der Waals surface area contributed by atoms with Crippen LogP contribution >= 0.6 is 0 Å². The summed E-state index contributed by atoms with van der Waals surface area (Å²) in [6.45, 7) is 3.96. The molecule has 0 aliphatic heterocycles. The molecule has 0 unspecified atom stereocenters. The summed E-state index contributed by atoms with van der Waals surface area (Å²) in [5.41, 5.74) is 3.29. The molecule has 0 fully saturated rings. The van der Waals surface area contributed by atoms with E-state index in [2.05, 4.69) is 5.32 Å². The van der Waals surface area contributed by atoms with Crippen LogP contribution in [0.2, 0.25) is 0 Å². The van der Waals surface area contributed by atoms with Crippen molar-refractivity contribution in [3.8, 4) is 0 Å². The summed E-state index contributed by atoms with van der Waals surface area (Å²) in [6, 6.07) is 11.9. The number of anilines is 1. The number of hydrogen-bond acceptors (Lipinski definition) is 3. The number of benzene rings is 2. The Hall–Kier alpha value is -2.95. The molecule has 0 spiro atoms. The first-order chi connectivity index (χ1) is 10.5. The number of nitro benzene ring substituents is 1. The second-order valence-corrected chi connectivity index (χ2v) is 4.94. The van der Waals surface area contributed by atoms with Crippen LogP contribution in [0.15, 0.2) is 48.5 Å². The third kappa shape index (κ3) is 3.79. The first-order valence-corrected chi connectivity index (χ1v) is 6.77. The van der Waals surface area contributed by atoms with E-state index in [0.29, 0.717) is 11.3 Å². The summed E-state index contributed by atoms with van der Waals surface area (Å²) in [5, 5.41) is 13.6. The van der Waals surface area contributed by atoms with Crippen LogP contribution in [-0.2, 0) is 4.79 Å². The highest BCUT2D eigenvalue weighted by molar-refractivity contribution is 6.02. The van der Waals surface area contributed by atoms with E-state index in [1.165, 1.54) is 18.2 Å². The van der Waals surface area contributed by atoms with E-state index in [1.807, 2.05) is 32.0 Å². The number of amides is 1. The van der Waals surface area contributed by atoms with Crippen LogP contribution in [0.25, 0.3) is 6.08 Å². The van der Waals surface area contributed by atoms with Crippen molar-refractivity contribution in [1.29, 1.82) is 0 Å². The minimum absolute atomic E-state index is 0.0299. The molecule has 112 valence electrons. The Morgan fingerprint density at radius 3 is 2.55 bits per heavy atom. The molecule has 2 aromatic carbocycles. The van der Waals surface area contributed by atoms with Crippen LogP contribution in [0.4, 0.5) is 11.4 Å². The summed E-state index contributed by atoms with van der Waals surface area (Å²) >= 11 is 0. The van der Waals surface area contributed by atoms with Crippen LogP contribution in [0, 0.1) is 24.0 Å². The smallest absolute Gasteiger partial charge is 0.276 e. The highest BCUT2D eigenvalue weighted by Crippen LogP contribution is 2.19. The van der Waals surface area contributed by atoms with Gasteiger partial charge < -0.3 is 5.32 Å². The Morgan fingerprint density at radius 2 is 1.86 bits per heavy atom. The quantitative estimate of drug-likeness (QED) is 0.529. The van der Waals surface area contributed by atoms with Gasteiger partial charge in [0.2, 0.25) is 5.91 Å². The van der Waals surface area contributed by atoms with E-state index in [0.717, 1.165) is 11.1 Å². The fraction of sp³-hybridized carbons (Fsp3) is 0.118. The minimum Gasteiger partial charge on any atom is -0.323 e. The summed E-state index contributed by atoms with van der Waals surface area (Å²) in [5.74, 6) is -0.332. The lowest BCUT2D eigenvalue weighted by Crippen LogP contribution is -2.08. The molecule has 22 heavy (non-hydrogen) atoms. The summed E-state index contributed by atoms with van der Waals surface area (Å²) in [4.78, 5) is 22.3. The maximum atomic E-state index is 11.9. The van der Waals surface area contributed by atoms with Crippen LogP contribution in [0.3, 0.4) is 0 Å². The van der Waals surface area contributed by atoms with Crippen molar-refractivity contribution in [2.75, 3.05) is 5.32 Å². The van der Waals surface area contributed by atoms with Crippen LogP contribution in [-0.4, -0.2) is 10.8 Å². The predicted octanol–water partition coefficient (Wildman–Crippen LogP) is 3.86. The van der Waals surface area contributed by atoms with Crippen molar-refractivity contribution in [2.45, 2.75) is 13.8 Å². The van der Waals surface area contributed by atoms with E-state index < -0.39 is 4.92 Å². The largest absolute Gasteiger partial charge is 0.323 e. The van der Waals surface area contributed by atoms with Crippen molar-refractivity contribution >= 4 is 23.4 Å². The number of carbonyl (C=O) groups is 1. The standard InChI is InChI=1S/C17H16N2O3/c1-12-7-9-15(11-13(12)2)18-17(20)10-8-14-5-3-4-6-16(14)19(21)22/h3-11H,1-2H3,(H,18,20). The second kappa shape index (κ2) is 6.67. The third-order valence-corrected chi connectivity index (χ3v) is 3.32. The number of carbonyl (C=O) groups excluding carboxylic acids is 1. The van der Waals surface area contributed by atoms with Crippen LogP contribution in [0.1, 0.15) is 16.7 Å². The maximum Gasteiger partial charge on any atom is 0.276 e. The molecule has 0 heterocycles. The van der Waals surface area contributed by atoms with Crippen molar-refractivity contribution in [3.63, 3.8) is 0 Å². The molecule has 5 nitrogen and oxygen atoms in total.